The summed E-state index contributed by atoms with van der Waals surface area (Å²) in [6.45, 7) is 2.02. The molecular formula is C16H20N2O2S. The average Bonchev–Trinajstić information content (AvgIpc) is 2.53. The number of hydrogen-bond donors (Lipinski definition) is 1. The number of nitrogens with one attached hydrogen (secondary N) is 1. The standard InChI is InChI=1S/C16H20N2O2S/c1-2-21(19,20)18-13-15(14-8-4-3-5-9-14)12-16-10-6-7-11-17-16/h3-11,15,18H,2,12-13H2,1H3. The normalized spacial score (nSPS) is 13.0. The number of pyridine rings is 1. The lowest BCUT2D eigenvalue weighted by molar-refractivity contribution is 0.568. The van der Waals surface area contributed by atoms with Crippen molar-refractivity contribution < 1.29 is 8.42 Å². The SMILES string of the molecule is CCS(=O)(=O)NCC(Cc1ccccn1)c1ccccc1. The van der Waals surface area contributed by atoms with Gasteiger partial charge >= 0.3 is 0 Å². The molecular weight excluding hydrogens is 284 g/mol. The van der Waals surface area contributed by atoms with Gasteiger partial charge < -0.3 is 0 Å². The first kappa shape index (κ1) is 15.7. The Morgan fingerprint density at radius 2 is 1.81 bits per heavy atom. The third-order valence-electron chi connectivity index (χ3n) is 3.38. The minimum absolute atomic E-state index is 0.0717. The van der Waals surface area contributed by atoms with E-state index in [9.17, 15) is 8.42 Å². The van der Waals surface area contributed by atoms with E-state index in [2.05, 4.69) is 9.71 Å². The Balaban J connectivity index is 2.15. The topological polar surface area (TPSA) is 59.1 Å². The number of benzene rings is 1. The zero-order valence-electron chi connectivity index (χ0n) is 12.1. The Labute approximate surface area is 126 Å². The molecule has 1 N–H and O–H groups in total. The summed E-state index contributed by atoms with van der Waals surface area (Å²) in [5, 5.41) is 0. The van der Waals surface area contributed by atoms with Crippen LogP contribution < -0.4 is 4.72 Å². The van der Waals surface area contributed by atoms with Crippen LogP contribution in [-0.2, 0) is 16.4 Å². The molecule has 2 rings (SSSR count). The minimum atomic E-state index is -3.19. The Kier molecular flexibility index (Phi) is 5.47. The van der Waals surface area contributed by atoms with Gasteiger partial charge in [0.1, 0.15) is 0 Å². The summed E-state index contributed by atoms with van der Waals surface area (Å²) < 4.78 is 26.0. The highest BCUT2D eigenvalue weighted by Crippen LogP contribution is 2.19. The minimum Gasteiger partial charge on any atom is -0.261 e. The van der Waals surface area contributed by atoms with Crippen LogP contribution in [0.5, 0.6) is 0 Å². The lowest BCUT2D eigenvalue weighted by Crippen LogP contribution is -2.30. The summed E-state index contributed by atoms with van der Waals surface area (Å²) in [5.74, 6) is 0.167. The van der Waals surface area contributed by atoms with Crippen LogP contribution in [-0.4, -0.2) is 25.7 Å². The van der Waals surface area contributed by atoms with Gasteiger partial charge in [-0.2, -0.15) is 0 Å². The first-order chi connectivity index (χ1) is 10.1. The van der Waals surface area contributed by atoms with Crippen molar-refractivity contribution in [3.8, 4) is 0 Å². The molecule has 1 aromatic carbocycles. The number of sulfonamides is 1. The molecule has 0 saturated heterocycles. The van der Waals surface area contributed by atoms with Gasteiger partial charge in [-0.1, -0.05) is 36.4 Å². The van der Waals surface area contributed by atoms with Gasteiger partial charge in [-0.3, -0.25) is 4.98 Å². The van der Waals surface area contributed by atoms with E-state index in [0.717, 1.165) is 11.3 Å². The van der Waals surface area contributed by atoms with E-state index in [4.69, 9.17) is 0 Å². The molecule has 1 heterocycles. The predicted octanol–water partition coefficient (Wildman–Crippen LogP) is 2.35. The molecule has 0 saturated carbocycles. The van der Waals surface area contributed by atoms with E-state index in [1.165, 1.54) is 0 Å². The molecule has 0 aliphatic rings. The first-order valence-electron chi connectivity index (χ1n) is 7.03. The van der Waals surface area contributed by atoms with E-state index in [1.54, 1.807) is 13.1 Å². The third-order valence-corrected chi connectivity index (χ3v) is 4.75. The van der Waals surface area contributed by atoms with E-state index < -0.39 is 10.0 Å². The Morgan fingerprint density at radius 1 is 1.10 bits per heavy atom. The van der Waals surface area contributed by atoms with Crippen molar-refractivity contribution in [3.05, 3.63) is 66.0 Å². The van der Waals surface area contributed by atoms with Gasteiger partial charge in [0.25, 0.3) is 0 Å². The number of rotatable bonds is 7. The maximum absolute atomic E-state index is 11.7. The van der Waals surface area contributed by atoms with Gasteiger partial charge in [0.05, 0.1) is 5.75 Å². The number of hydrogen-bond acceptors (Lipinski definition) is 3. The quantitative estimate of drug-likeness (QED) is 0.854. The van der Waals surface area contributed by atoms with E-state index in [1.807, 2.05) is 48.5 Å². The summed E-state index contributed by atoms with van der Waals surface area (Å²) >= 11 is 0. The lowest BCUT2D eigenvalue weighted by Gasteiger charge is -2.17. The zero-order chi connectivity index (χ0) is 15.1. The van der Waals surface area contributed by atoms with Crippen LogP contribution >= 0.6 is 0 Å². The highest BCUT2D eigenvalue weighted by atomic mass is 32.2. The third kappa shape index (κ3) is 4.95. The Morgan fingerprint density at radius 3 is 2.43 bits per heavy atom. The molecule has 1 aromatic heterocycles. The smallest absolute Gasteiger partial charge is 0.211 e. The average molecular weight is 304 g/mol. The number of nitrogens with zero attached hydrogens (tertiary/aromatic N) is 1. The summed E-state index contributed by atoms with van der Waals surface area (Å²) in [7, 11) is -3.19. The lowest BCUT2D eigenvalue weighted by atomic mass is 9.94. The van der Waals surface area contributed by atoms with Crippen LogP contribution in [0.25, 0.3) is 0 Å². The maximum Gasteiger partial charge on any atom is 0.211 e. The first-order valence-corrected chi connectivity index (χ1v) is 8.68. The fourth-order valence-corrected chi connectivity index (χ4v) is 2.79. The van der Waals surface area contributed by atoms with Crippen molar-refractivity contribution in [1.29, 1.82) is 0 Å². The van der Waals surface area contributed by atoms with Crippen molar-refractivity contribution in [2.24, 2.45) is 0 Å². The molecule has 112 valence electrons. The monoisotopic (exact) mass is 304 g/mol. The van der Waals surface area contributed by atoms with Crippen LogP contribution in [0.4, 0.5) is 0 Å². The highest BCUT2D eigenvalue weighted by molar-refractivity contribution is 7.89. The van der Waals surface area contributed by atoms with Crippen LogP contribution in [0.15, 0.2) is 54.7 Å². The summed E-state index contributed by atoms with van der Waals surface area (Å²) in [5.41, 5.74) is 2.07. The van der Waals surface area contributed by atoms with Crippen LogP contribution in [0.3, 0.4) is 0 Å². The molecule has 1 atom stereocenters. The number of aromatic nitrogens is 1. The fourth-order valence-electron chi connectivity index (χ4n) is 2.13. The van der Waals surface area contributed by atoms with Crippen LogP contribution in [0.2, 0.25) is 0 Å². The molecule has 0 bridgehead atoms. The van der Waals surface area contributed by atoms with Crippen molar-refractivity contribution in [3.63, 3.8) is 0 Å². The second-order valence-electron chi connectivity index (χ2n) is 4.88. The second-order valence-corrected chi connectivity index (χ2v) is 6.98. The van der Waals surface area contributed by atoms with Gasteiger partial charge in [-0.15, -0.1) is 0 Å². The van der Waals surface area contributed by atoms with E-state index in [-0.39, 0.29) is 11.7 Å². The van der Waals surface area contributed by atoms with Gasteiger partial charge in [-0.05, 0) is 31.0 Å². The molecule has 0 fully saturated rings. The summed E-state index contributed by atoms with van der Waals surface area (Å²) in [6.07, 6.45) is 2.46. The molecule has 21 heavy (non-hydrogen) atoms. The molecule has 2 aromatic rings. The van der Waals surface area contributed by atoms with E-state index in [0.29, 0.717) is 13.0 Å². The van der Waals surface area contributed by atoms with Gasteiger partial charge in [0, 0.05) is 24.4 Å². The van der Waals surface area contributed by atoms with Crippen molar-refractivity contribution in [1.82, 2.24) is 9.71 Å². The molecule has 0 spiro atoms. The van der Waals surface area contributed by atoms with Gasteiger partial charge in [-0.25, -0.2) is 13.1 Å². The van der Waals surface area contributed by atoms with Crippen molar-refractivity contribution in [2.45, 2.75) is 19.3 Å². The summed E-state index contributed by atoms with van der Waals surface area (Å²) in [4.78, 5) is 4.33. The summed E-state index contributed by atoms with van der Waals surface area (Å²) in [6, 6.07) is 15.7. The molecule has 1 unspecified atom stereocenters. The zero-order valence-corrected chi connectivity index (χ0v) is 12.9. The molecule has 0 radical (unpaired) electrons. The van der Waals surface area contributed by atoms with Crippen LogP contribution in [0.1, 0.15) is 24.1 Å². The Hall–Kier alpha value is -1.72. The Bertz CT molecular complexity index is 642. The molecule has 4 nitrogen and oxygen atoms in total. The molecule has 0 aliphatic carbocycles. The van der Waals surface area contributed by atoms with Gasteiger partial charge in [0.2, 0.25) is 10.0 Å². The maximum atomic E-state index is 11.7. The molecule has 0 amide bonds. The van der Waals surface area contributed by atoms with E-state index >= 15 is 0 Å². The van der Waals surface area contributed by atoms with Crippen LogP contribution in [0, 0.1) is 0 Å². The van der Waals surface area contributed by atoms with Gasteiger partial charge in [0.15, 0.2) is 0 Å². The fraction of sp³-hybridized carbons (Fsp3) is 0.312. The highest BCUT2D eigenvalue weighted by Gasteiger charge is 2.16. The van der Waals surface area contributed by atoms with Crippen molar-refractivity contribution in [2.75, 3.05) is 12.3 Å². The predicted molar refractivity (Wildman–Crippen MR) is 84.6 cm³/mol. The van der Waals surface area contributed by atoms with Crippen molar-refractivity contribution >= 4 is 10.0 Å². The largest absolute Gasteiger partial charge is 0.261 e. The molecule has 0 aliphatic heterocycles. The molecule has 5 heteroatoms. The second kappa shape index (κ2) is 7.33.